The monoisotopic (exact) mass is 616 g/mol. The average molecular weight is 617 g/mol. The molecule has 0 radical (unpaired) electrons. The first-order chi connectivity index (χ1) is 19.3. The number of hydrogen-bond donors (Lipinski definition) is 1. The number of aromatic nitrogens is 4. The van der Waals surface area contributed by atoms with E-state index in [1.54, 1.807) is 6.20 Å². The van der Waals surface area contributed by atoms with Crippen LogP contribution in [0.5, 0.6) is 0 Å². The largest absolute Gasteiger partial charge is 0.339 e. The van der Waals surface area contributed by atoms with Crippen molar-refractivity contribution in [2.75, 3.05) is 0 Å². The van der Waals surface area contributed by atoms with E-state index in [1.165, 1.54) is 30.6 Å². The van der Waals surface area contributed by atoms with Gasteiger partial charge >= 0.3 is 0 Å². The van der Waals surface area contributed by atoms with Crippen LogP contribution in [0.1, 0.15) is 0 Å². The first kappa shape index (κ1) is 24.8. The van der Waals surface area contributed by atoms with Crippen LogP contribution >= 0.6 is 22.6 Å². The molecule has 0 fully saturated rings. The Morgan fingerprint density at radius 2 is 1.10 bits per heavy atom. The van der Waals surface area contributed by atoms with Crippen LogP contribution in [0.25, 0.3) is 49.6 Å². The fourth-order valence-corrected chi connectivity index (χ4v) is 5.14. The normalized spacial score (nSPS) is 10.7. The molecule has 0 atom stereocenters. The Morgan fingerprint density at radius 1 is 0.513 bits per heavy atom. The molecule has 0 aliphatic rings. The number of pyridine rings is 2. The highest BCUT2D eigenvalue weighted by Crippen LogP contribution is 2.30. The molecule has 4 aromatic carbocycles. The van der Waals surface area contributed by atoms with Crippen LogP contribution in [0.4, 0.5) is 0 Å². The standard InChI is InChI=1S/C17H12N2.C11H8N2.C6H5I/c1-2-7-13(8-3-1)19-16-11-5-4-9-14(16)15-10-6-12-18-17(15)19;1-2-6-10-8(4-1)9-5-3-7-12-11(9)13-10;7-6-4-2-1-3-5-6/h1-12H;1-7H,(H,12,13);1-5H. The van der Waals surface area contributed by atoms with E-state index >= 15 is 0 Å². The Bertz CT molecular complexity index is 1870. The third-order valence-corrected chi connectivity index (χ3v) is 7.18. The van der Waals surface area contributed by atoms with E-state index in [4.69, 9.17) is 0 Å². The highest BCUT2D eigenvalue weighted by atomic mass is 127. The summed E-state index contributed by atoms with van der Waals surface area (Å²) >= 11 is 2.28. The molecule has 0 unspecified atom stereocenters. The molecule has 4 heterocycles. The summed E-state index contributed by atoms with van der Waals surface area (Å²) in [7, 11) is 0. The number of fused-ring (bicyclic) bond motifs is 6. The lowest BCUT2D eigenvalue weighted by molar-refractivity contribution is 1.14. The van der Waals surface area contributed by atoms with Crippen molar-refractivity contribution in [3.05, 3.63) is 149 Å². The fourth-order valence-electron chi connectivity index (χ4n) is 4.73. The maximum Gasteiger partial charge on any atom is 0.145 e. The molecular weight excluding hydrogens is 591 g/mol. The molecular formula is C34H25IN4. The topological polar surface area (TPSA) is 46.5 Å². The van der Waals surface area contributed by atoms with Crippen LogP contribution < -0.4 is 0 Å². The summed E-state index contributed by atoms with van der Waals surface area (Å²) in [5, 5.41) is 4.88. The summed E-state index contributed by atoms with van der Waals surface area (Å²) in [6.45, 7) is 0. The van der Waals surface area contributed by atoms with Crippen LogP contribution in [0, 0.1) is 3.57 Å². The highest BCUT2D eigenvalue weighted by Gasteiger charge is 2.11. The number of para-hydroxylation sites is 3. The van der Waals surface area contributed by atoms with Crippen LogP contribution in [-0.4, -0.2) is 19.5 Å². The predicted octanol–water partition coefficient (Wildman–Crippen LogP) is 9.19. The molecule has 1 N–H and O–H groups in total. The molecule has 0 aliphatic heterocycles. The van der Waals surface area contributed by atoms with Crippen LogP contribution in [0.3, 0.4) is 0 Å². The number of halogens is 1. The average Bonchev–Trinajstić information content (AvgIpc) is 3.55. The van der Waals surface area contributed by atoms with E-state index in [2.05, 4.69) is 127 Å². The Kier molecular flexibility index (Phi) is 7.32. The summed E-state index contributed by atoms with van der Waals surface area (Å²) in [6, 6.07) is 45.4. The number of nitrogens with one attached hydrogen (secondary N) is 1. The van der Waals surface area contributed by atoms with Gasteiger partial charge in [-0.15, -0.1) is 0 Å². The number of hydrogen-bond acceptors (Lipinski definition) is 2. The van der Waals surface area contributed by atoms with E-state index < -0.39 is 0 Å². The van der Waals surface area contributed by atoms with E-state index in [0.717, 1.165) is 22.5 Å². The van der Waals surface area contributed by atoms with Gasteiger partial charge in [0.1, 0.15) is 11.3 Å². The van der Waals surface area contributed by atoms with Gasteiger partial charge < -0.3 is 4.98 Å². The lowest BCUT2D eigenvalue weighted by Gasteiger charge is -2.05. The minimum absolute atomic E-state index is 0.962. The van der Waals surface area contributed by atoms with E-state index in [-0.39, 0.29) is 0 Å². The maximum absolute atomic E-state index is 4.56. The second kappa shape index (κ2) is 11.5. The molecule has 188 valence electrons. The first-order valence-electron chi connectivity index (χ1n) is 12.7. The smallest absolute Gasteiger partial charge is 0.145 e. The van der Waals surface area contributed by atoms with Crippen molar-refractivity contribution in [3.8, 4) is 5.69 Å². The summed E-state index contributed by atoms with van der Waals surface area (Å²) in [6.07, 6.45) is 3.65. The van der Waals surface area contributed by atoms with Crippen LogP contribution in [-0.2, 0) is 0 Å². The Labute approximate surface area is 240 Å². The fraction of sp³-hybridized carbons (Fsp3) is 0. The van der Waals surface area contributed by atoms with E-state index in [1.807, 2.05) is 54.7 Å². The number of nitrogens with zero attached hydrogens (tertiary/aromatic N) is 3. The van der Waals surface area contributed by atoms with Gasteiger partial charge in [-0.2, -0.15) is 0 Å². The zero-order chi connectivity index (χ0) is 26.4. The lowest BCUT2D eigenvalue weighted by atomic mass is 10.2. The Balaban J connectivity index is 0.000000119. The quantitative estimate of drug-likeness (QED) is 0.187. The maximum atomic E-state index is 4.56. The molecule has 0 bridgehead atoms. The molecule has 4 nitrogen and oxygen atoms in total. The molecule has 0 spiro atoms. The summed E-state index contributed by atoms with van der Waals surface area (Å²) < 4.78 is 3.50. The van der Waals surface area contributed by atoms with Gasteiger partial charge in [0, 0.05) is 48.7 Å². The first-order valence-corrected chi connectivity index (χ1v) is 13.8. The Hall–Kier alpha value is -4.49. The SMILES string of the molecule is Ic1ccccc1.c1ccc(-n2c3ccccc3c3cccnc32)cc1.c1ccc2c(c1)[nH]c1ncccc12. The molecule has 0 saturated carbocycles. The van der Waals surface area contributed by atoms with Crippen molar-refractivity contribution >= 4 is 66.5 Å². The van der Waals surface area contributed by atoms with Crippen molar-refractivity contribution in [3.63, 3.8) is 0 Å². The lowest BCUT2D eigenvalue weighted by Crippen LogP contribution is -1.94. The van der Waals surface area contributed by atoms with Crippen molar-refractivity contribution < 1.29 is 0 Å². The second-order valence-electron chi connectivity index (χ2n) is 8.93. The third kappa shape index (κ3) is 5.26. The zero-order valence-corrected chi connectivity index (χ0v) is 23.2. The predicted molar refractivity (Wildman–Crippen MR) is 171 cm³/mol. The highest BCUT2D eigenvalue weighted by molar-refractivity contribution is 14.1. The summed E-state index contributed by atoms with van der Waals surface area (Å²) in [4.78, 5) is 12.1. The van der Waals surface area contributed by atoms with Crippen molar-refractivity contribution in [2.24, 2.45) is 0 Å². The number of H-pyrrole nitrogens is 1. The van der Waals surface area contributed by atoms with Crippen molar-refractivity contribution in [2.45, 2.75) is 0 Å². The molecule has 0 amide bonds. The molecule has 0 aliphatic carbocycles. The summed E-state index contributed by atoms with van der Waals surface area (Å²) in [5.41, 5.74) is 5.46. The van der Waals surface area contributed by atoms with Gasteiger partial charge in [0.2, 0.25) is 0 Å². The van der Waals surface area contributed by atoms with Gasteiger partial charge in [-0.3, -0.25) is 4.57 Å². The van der Waals surface area contributed by atoms with Gasteiger partial charge in [-0.1, -0.05) is 72.8 Å². The molecule has 39 heavy (non-hydrogen) atoms. The van der Waals surface area contributed by atoms with E-state index in [0.29, 0.717) is 0 Å². The zero-order valence-electron chi connectivity index (χ0n) is 21.1. The molecule has 8 rings (SSSR count). The molecule has 0 saturated heterocycles. The third-order valence-electron chi connectivity index (χ3n) is 6.46. The molecule has 5 heteroatoms. The molecule has 8 aromatic rings. The van der Waals surface area contributed by atoms with Crippen molar-refractivity contribution in [1.29, 1.82) is 0 Å². The van der Waals surface area contributed by atoms with Crippen LogP contribution in [0.15, 0.2) is 146 Å². The number of rotatable bonds is 1. The van der Waals surface area contributed by atoms with Crippen molar-refractivity contribution in [1.82, 2.24) is 19.5 Å². The van der Waals surface area contributed by atoms with Crippen LogP contribution in [0.2, 0.25) is 0 Å². The van der Waals surface area contributed by atoms with Gasteiger partial charge in [0.05, 0.1) is 5.52 Å². The number of aromatic amines is 1. The van der Waals surface area contributed by atoms with Gasteiger partial charge in [-0.25, -0.2) is 9.97 Å². The second-order valence-corrected chi connectivity index (χ2v) is 10.2. The Morgan fingerprint density at radius 3 is 1.85 bits per heavy atom. The number of benzene rings is 4. The van der Waals surface area contributed by atoms with E-state index in [9.17, 15) is 0 Å². The molecule has 4 aromatic heterocycles. The summed E-state index contributed by atoms with van der Waals surface area (Å²) in [5.74, 6) is 0. The van der Waals surface area contributed by atoms with Gasteiger partial charge in [0.15, 0.2) is 0 Å². The van der Waals surface area contributed by atoms with Gasteiger partial charge in [-0.05, 0) is 83.3 Å². The minimum atomic E-state index is 0.962. The van der Waals surface area contributed by atoms with Gasteiger partial charge in [0.25, 0.3) is 0 Å². The minimum Gasteiger partial charge on any atom is -0.339 e.